The largest absolute Gasteiger partial charge is 0.368 e. The molecule has 0 fully saturated rings. The molecule has 126 valence electrons. The molecule has 1 rings (SSSR count). The summed E-state index contributed by atoms with van der Waals surface area (Å²) >= 11 is 0. The first-order chi connectivity index (χ1) is 10.8. The van der Waals surface area contributed by atoms with Gasteiger partial charge in [0.15, 0.2) is 0 Å². The van der Waals surface area contributed by atoms with Crippen molar-refractivity contribution in [2.24, 2.45) is 11.7 Å². The summed E-state index contributed by atoms with van der Waals surface area (Å²) in [6.45, 7) is 5.24. The Morgan fingerprint density at radius 3 is 2.13 bits per heavy atom. The van der Waals surface area contributed by atoms with Crippen molar-refractivity contribution in [3.63, 3.8) is 0 Å². The van der Waals surface area contributed by atoms with Crippen molar-refractivity contribution >= 4 is 17.7 Å². The van der Waals surface area contributed by atoms with Gasteiger partial charge in [-0.3, -0.25) is 14.4 Å². The highest BCUT2D eigenvalue weighted by Gasteiger charge is 2.25. The van der Waals surface area contributed by atoms with E-state index in [2.05, 4.69) is 10.6 Å². The van der Waals surface area contributed by atoms with Crippen LogP contribution in [0.4, 0.5) is 0 Å². The van der Waals surface area contributed by atoms with Gasteiger partial charge in [-0.05, 0) is 17.9 Å². The van der Waals surface area contributed by atoms with Crippen molar-refractivity contribution in [2.45, 2.75) is 45.7 Å². The minimum atomic E-state index is -0.746. The zero-order chi connectivity index (χ0) is 17.4. The lowest BCUT2D eigenvalue weighted by molar-refractivity contribution is -0.131. The average molecular weight is 319 g/mol. The number of primary amides is 1. The molecule has 0 unspecified atom stereocenters. The quantitative estimate of drug-likeness (QED) is 0.659. The molecule has 0 aromatic heterocycles. The molecular weight excluding hydrogens is 294 g/mol. The lowest BCUT2D eigenvalue weighted by Crippen LogP contribution is -2.53. The molecule has 23 heavy (non-hydrogen) atoms. The van der Waals surface area contributed by atoms with Crippen molar-refractivity contribution in [1.82, 2.24) is 10.6 Å². The summed E-state index contributed by atoms with van der Waals surface area (Å²) in [5.74, 6) is -1.08. The number of nitrogens with two attached hydrogens (primary N) is 1. The van der Waals surface area contributed by atoms with Gasteiger partial charge in [-0.1, -0.05) is 44.2 Å². The van der Waals surface area contributed by atoms with Crippen molar-refractivity contribution in [3.8, 4) is 0 Å². The van der Waals surface area contributed by atoms with Crippen LogP contribution in [0, 0.1) is 5.92 Å². The summed E-state index contributed by atoms with van der Waals surface area (Å²) in [5, 5.41) is 5.27. The summed E-state index contributed by atoms with van der Waals surface area (Å²) in [6.07, 6.45) is 0.804. The number of hydrogen-bond donors (Lipinski definition) is 3. The molecule has 1 aromatic carbocycles. The number of nitrogens with one attached hydrogen (secondary N) is 2. The molecule has 6 nitrogen and oxygen atoms in total. The number of carbonyl (C=O) groups is 3. The van der Waals surface area contributed by atoms with Gasteiger partial charge < -0.3 is 16.4 Å². The van der Waals surface area contributed by atoms with Crippen LogP contribution in [-0.2, 0) is 20.8 Å². The van der Waals surface area contributed by atoms with Crippen LogP contribution in [0.1, 0.15) is 32.8 Å². The van der Waals surface area contributed by atoms with Crippen molar-refractivity contribution in [3.05, 3.63) is 35.9 Å². The highest BCUT2D eigenvalue weighted by molar-refractivity contribution is 5.91. The van der Waals surface area contributed by atoms with Crippen LogP contribution in [0.3, 0.4) is 0 Å². The Bertz CT molecular complexity index is 543. The van der Waals surface area contributed by atoms with Crippen LogP contribution in [0.15, 0.2) is 30.3 Å². The summed E-state index contributed by atoms with van der Waals surface area (Å²) in [7, 11) is 0. The number of hydrogen-bond acceptors (Lipinski definition) is 3. The second-order valence-corrected chi connectivity index (χ2v) is 6.04. The lowest BCUT2D eigenvalue weighted by Gasteiger charge is -2.22. The summed E-state index contributed by atoms with van der Waals surface area (Å²) in [5.41, 5.74) is 6.26. The van der Waals surface area contributed by atoms with Gasteiger partial charge in [-0.2, -0.15) is 0 Å². The third-order valence-corrected chi connectivity index (χ3v) is 3.34. The molecule has 6 heteroatoms. The Morgan fingerprint density at radius 1 is 1.04 bits per heavy atom. The Labute approximate surface area is 136 Å². The van der Waals surface area contributed by atoms with Gasteiger partial charge in [0.05, 0.1) is 0 Å². The minimum absolute atomic E-state index is 0.209. The third-order valence-electron chi connectivity index (χ3n) is 3.34. The fourth-order valence-corrected chi connectivity index (χ4v) is 2.29. The van der Waals surface area contributed by atoms with Crippen molar-refractivity contribution < 1.29 is 14.4 Å². The van der Waals surface area contributed by atoms with E-state index in [0.717, 1.165) is 5.56 Å². The van der Waals surface area contributed by atoms with Gasteiger partial charge in [-0.25, -0.2) is 0 Å². The van der Waals surface area contributed by atoms with E-state index in [9.17, 15) is 14.4 Å². The van der Waals surface area contributed by atoms with E-state index in [0.29, 0.717) is 12.8 Å². The van der Waals surface area contributed by atoms with E-state index in [1.54, 1.807) is 0 Å². The Hall–Kier alpha value is -2.37. The highest BCUT2D eigenvalue weighted by Crippen LogP contribution is 2.07. The first-order valence-electron chi connectivity index (χ1n) is 7.70. The van der Waals surface area contributed by atoms with E-state index in [-0.39, 0.29) is 11.8 Å². The predicted molar refractivity (Wildman–Crippen MR) is 88.3 cm³/mol. The molecule has 0 heterocycles. The molecule has 0 aliphatic heterocycles. The highest BCUT2D eigenvalue weighted by atomic mass is 16.2. The Kier molecular flexibility index (Phi) is 7.25. The average Bonchev–Trinajstić information content (AvgIpc) is 2.45. The summed E-state index contributed by atoms with van der Waals surface area (Å²) in [6, 6.07) is 7.87. The zero-order valence-electron chi connectivity index (χ0n) is 13.8. The molecule has 0 spiro atoms. The first-order valence-corrected chi connectivity index (χ1v) is 7.70. The van der Waals surface area contributed by atoms with Gasteiger partial charge in [0.2, 0.25) is 17.7 Å². The summed E-state index contributed by atoms with van der Waals surface area (Å²) in [4.78, 5) is 35.3. The number of amides is 3. The molecule has 0 bridgehead atoms. The first kappa shape index (κ1) is 18.7. The Balaban J connectivity index is 2.82. The van der Waals surface area contributed by atoms with Crippen molar-refractivity contribution in [2.75, 3.05) is 0 Å². The fourth-order valence-electron chi connectivity index (χ4n) is 2.29. The lowest BCUT2D eigenvalue weighted by atomic mass is 10.0. The molecule has 0 aliphatic carbocycles. The monoisotopic (exact) mass is 319 g/mol. The second-order valence-electron chi connectivity index (χ2n) is 6.04. The predicted octanol–water partition coefficient (Wildman–Crippen LogP) is 0.750. The number of rotatable bonds is 8. The van der Waals surface area contributed by atoms with Crippen LogP contribution in [0.5, 0.6) is 0 Å². The van der Waals surface area contributed by atoms with Gasteiger partial charge >= 0.3 is 0 Å². The number of benzene rings is 1. The molecular formula is C17H25N3O3. The molecule has 2 atom stereocenters. The SMILES string of the molecule is CC(=O)N[C@H](Cc1ccccc1)C(=O)N[C@H](CC(C)C)C(N)=O. The molecule has 1 aromatic rings. The smallest absolute Gasteiger partial charge is 0.243 e. The molecule has 0 radical (unpaired) electrons. The van der Waals surface area contributed by atoms with Gasteiger partial charge in [-0.15, -0.1) is 0 Å². The summed E-state index contributed by atoms with van der Waals surface area (Å²) < 4.78 is 0. The second kappa shape index (κ2) is 8.92. The van der Waals surface area contributed by atoms with Crippen LogP contribution in [0.2, 0.25) is 0 Å². The standard InChI is InChI=1S/C17H25N3O3/c1-11(2)9-14(16(18)22)20-17(23)15(19-12(3)21)10-13-7-5-4-6-8-13/h4-8,11,14-15H,9-10H2,1-3H3,(H2,18,22)(H,19,21)(H,20,23)/t14-,15-/m1/s1. The van der Waals surface area contributed by atoms with Crippen LogP contribution in [0.25, 0.3) is 0 Å². The van der Waals surface area contributed by atoms with E-state index in [1.807, 2.05) is 44.2 Å². The maximum absolute atomic E-state index is 12.4. The van der Waals surface area contributed by atoms with Crippen LogP contribution in [-0.4, -0.2) is 29.8 Å². The van der Waals surface area contributed by atoms with Gasteiger partial charge in [0.1, 0.15) is 12.1 Å². The van der Waals surface area contributed by atoms with E-state index < -0.39 is 23.9 Å². The van der Waals surface area contributed by atoms with Gasteiger partial charge in [0, 0.05) is 13.3 Å². The topological polar surface area (TPSA) is 101 Å². The van der Waals surface area contributed by atoms with E-state index >= 15 is 0 Å². The third kappa shape index (κ3) is 6.95. The normalized spacial score (nSPS) is 13.2. The Morgan fingerprint density at radius 2 is 1.65 bits per heavy atom. The zero-order valence-corrected chi connectivity index (χ0v) is 13.8. The van der Waals surface area contributed by atoms with Crippen LogP contribution < -0.4 is 16.4 Å². The minimum Gasteiger partial charge on any atom is -0.368 e. The molecule has 4 N–H and O–H groups in total. The van der Waals surface area contributed by atoms with E-state index in [4.69, 9.17) is 5.73 Å². The number of carbonyl (C=O) groups excluding carboxylic acids is 3. The van der Waals surface area contributed by atoms with Crippen molar-refractivity contribution in [1.29, 1.82) is 0 Å². The maximum atomic E-state index is 12.4. The van der Waals surface area contributed by atoms with E-state index in [1.165, 1.54) is 6.92 Å². The fraction of sp³-hybridized carbons (Fsp3) is 0.471. The molecule has 0 saturated heterocycles. The van der Waals surface area contributed by atoms with Gasteiger partial charge in [0.25, 0.3) is 0 Å². The molecule has 3 amide bonds. The molecule has 0 saturated carbocycles. The van der Waals surface area contributed by atoms with Crippen LogP contribution >= 0.6 is 0 Å². The maximum Gasteiger partial charge on any atom is 0.243 e. The molecule has 0 aliphatic rings.